The van der Waals surface area contributed by atoms with Crippen molar-refractivity contribution in [1.29, 1.82) is 0 Å². The number of rotatable bonds is 4. The summed E-state index contributed by atoms with van der Waals surface area (Å²) in [6, 6.07) is 6.07. The van der Waals surface area contributed by atoms with E-state index in [-0.39, 0.29) is 17.6 Å². The Morgan fingerprint density at radius 1 is 1.43 bits per heavy atom. The molecule has 1 aliphatic rings. The first-order chi connectivity index (χ1) is 11.1. The van der Waals surface area contributed by atoms with Crippen LogP contribution in [0, 0.1) is 12.7 Å². The monoisotopic (exact) mass is 333 g/mol. The van der Waals surface area contributed by atoms with Crippen molar-refractivity contribution >= 4 is 23.5 Å². The number of thioether (sulfide) groups is 1. The van der Waals surface area contributed by atoms with Crippen molar-refractivity contribution in [2.75, 3.05) is 16.8 Å². The highest BCUT2D eigenvalue weighted by atomic mass is 32.2. The van der Waals surface area contributed by atoms with Gasteiger partial charge in [0, 0.05) is 23.6 Å². The van der Waals surface area contributed by atoms with Crippen LogP contribution >= 0.6 is 11.8 Å². The number of ether oxygens (including phenoxy) is 1. The van der Waals surface area contributed by atoms with E-state index in [2.05, 4.69) is 15.3 Å². The molecule has 1 unspecified atom stereocenters. The molecule has 2 aromatic rings. The lowest BCUT2D eigenvalue weighted by atomic mass is 10.2. The molecule has 1 saturated heterocycles. The van der Waals surface area contributed by atoms with E-state index in [1.807, 2.05) is 24.8 Å². The summed E-state index contributed by atoms with van der Waals surface area (Å²) in [5, 5.41) is 2.59. The third kappa shape index (κ3) is 4.19. The Morgan fingerprint density at radius 3 is 3.00 bits per heavy atom. The second-order valence-corrected chi connectivity index (χ2v) is 6.40. The number of aryl methyl sites for hydroxylation is 1. The highest BCUT2D eigenvalue weighted by Crippen LogP contribution is 2.24. The van der Waals surface area contributed by atoms with E-state index >= 15 is 0 Å². The van der Waals surface area contributed by atoms with Crippen LogP contribution in [0.4, 0.5) is 10.2 Å². The van der Waals surface area contributed by atoms with Gasteiger partial charge in [-0.1, -0.05) is 0 Å². The van der Waals surface area contributed by atoms with Crippen molar-refractivity contribution in [2.45, 2.75) is 19.4 Å². The topological polar surface area (TPSA) is 64.1 Å². The van der Waals surface area contributed by atoms with E-state index < -0.39 is 11.7 Å². The average molecular weight is 333 g/mol. The average Bonchev–Trinajstić information content (AvgIpc) is 3.02. The summed E-state index contributed by atoms with van der Waals surface area (Å²) >= 11 is 1.86. The first-order valence-corrected chi connectivity index (χ1v) is 8.41. The Bertz CT molecular complexity index is 703. The van der Waals surface area contributed by atoms with Crippen molar-refractivity contribution in [3.63, 3.8) is 0 Å². The number of hydrogen-bond donors (Lipinski definition) is 1. The fourth-order valence-corrected chi connectivity index (χ4v) is 3.34. The molecule has 0 saturated carbocycles. The second kappa shape index (κ2) is 6.95. The van der Waals surface area contributed by atoms with Crippen LogP contribution in [0.3, 0.4) is 0 Å². The maximum atomic E-state index is 12.8. The van der Waals surface area contributed by atoms with Crippen LogP contribution in [0.2, 0.25) is 0 Å². The molecule has 0 aliphatic carbocycles. The van der Waals surface area contributed by atoms with Crippen LogP contribution in [0.5, 0.6) is 5.75 Å². The lowest BCUT2D eigenvalue weighted by Crippen LogP contribution is -2.18. The third-order valence-corrected chi connectivity index (χ3v) is 4.45. The maximum absolute atomic E-state index is 12.8. The van der Waals surface area contributed by atoms with Crippen LogP contribution in [-0.2, 0) is 0 Å². The summed E-state index contributed by atoms with van der Waals surface area (Å²) in [7, 11) is 0. The number of aromatic nitrogens is 2. The molecule has 120 valence electrons. The summed E-state index contributed by atoms with van der Waals surface area (Å²) in [5.74, 6) is 2.11. The van der Waals surface area contributed by atoms with E-state index in [9.17, 15) is 9.18 Å². The minimum Gasteiger partial charge on any atom is -0.489 e. The molecule has 1 N–H and O–H groups in total. The number of carbonyl (C=O) groups excluding carboxylic acids is 1. The molecule has 3 rings (SSSR count). The van der Waals surface area contributed by atoms with Crippen LogP contribution < -0.4 is 10.1 Å². The van der Waals surface area contributed by atoms with Crippen LogP contribution in [-0.4, -0.2) is 33.5 Å². The summed E-state index contributed by atoms with van der Waals surface area (Å²) in [6.07, 6.45) is 2.23. The lowest BCUT2D eigenvalue weighted by Gasteiger charge is -2.14. The molecule has 5 nitrogen and oxygen atoms in total. The predicted octanol–water partition coefficient (Wildman–Crippen LogP) is 3.06. The Morgan fingerprint density at radius 2 is 2.30 bits per heavy atom. The first kappa shape index (κ1) is 15.7. The number of nitrogens with zero attached hydrogens (tertiary/aromatic N) is 2. The first-order valence-electron chi connectivity index (χ1n) is 7.26. The fourth-order valence-electron chi connectivity index (χ4n) is 2.25. The van der Waals surface area contributed by atoms with Crippen molar-refractivity contribution < 1.29 is 13.9 Å². The molecule has 7 heteroatoms. The molecule has 0 bridgehead atoms. The summed E-state index contributed by atoms with van der Waals surface area (Å²) in [4.78, 5) is 20.3. The molecule has 1 fully saturated rings. The number of amides is 1. The molecule has 0 spiro atoms. The smallest absolute Gasteiger partial charge is 0.275 e. The molecule has 1 amide bonds. The minimum atomic E-state index is -0.457. The van der Waals surface area contributed by atoms with E-state index in [4.69, 9.17) is 4.74 Å². The Hall–Kier alpha value is -2.15. The SMILES string of the molecule is Cc1cc(OC2CCSC2)cc(C(=O)Nc2ccc(F)cn2)n1. The third-order valence-electron chi connectivity index (χ3n) is 3.32. The zero-order valence-corrected chi connectivity index (χ0v) is 13.4. The van der Waals surface area contributed by atoms with Gasteiger partial charge >= 0.3 is 0 Å². The summed E-state index contributed by atoms with van der Waals surface area (Å²) in [5.41, 5.74) is 0.946. The molecule has 3 heterocycles. The van der Waals surface area contributed by atoms with E-state index in [0.717, 1.165) is 24.1 Å². The van der Waals surface area contributed by atoms with Gasteiger partial charge in [-0.2, -0.15) is 11.8 Å². The molecule has 23 heavy (non-hydrogen) atoms. The van der Waals surface area contributed by atoms with Crippen molar-refractivity contribution in [2.24, 2.45) is 0 Å². The molecule has 0 radical (unpaired) electrons. The molecule has 2 aromatic heterocycles. The normalized spacial score (nSPS) is 17.0. The standard InChI is InChI=1S/C16H16FN3O2S/c1-10-6-13(22-12-4-5-23-9-12)7-14(19-10)16(21)20-15-3-2-11(17)8-18-15/h2-3,6-8,12H,4-5,9H2,1H3,(H,18,20,21). The fraction of sp³-hybridized carbons (Fsp3) is 0.312. The van der Waals surface area contributed by atoms with Gasteiger partial charge in [-0.25, -0.2) is 14.4 Å². The number of halogens is 1. The van der Waals surface area contributed by atoms with Gasteiger partial charge in [0.25, 0.3) is 5.91 Å². The van der Waals surface area contributed by atoms with Gasteiger partial charge in [-0.15, -0.1) is 0 Å². The van der Waals surface area contributed by atoms with E-state index in [1.165, 1.54) is 12.1 Å². The van der Waals surface area contributed by atoms with Crippen LogP contribution in [0.1, 0.15) is 22.6 Å². The predicted molar refractivity (Wildman–Crippen MR) is 87.5 cm³/mol. The zero-order chi connectivity index (χ0) is 16.2. The van der Waals surface area contributed by atoms with Crippen LogP contribution in [0.15, 0.2) is 30.5 Å². The Labute approximate surface area is 137 Å². The highest BCUT2D eigenvalue weighted by Gasteiger charge is 2.18. The van der Waals surface area contributed by atoms with Crippen LogP contribution in [0.25, 0.3) is 0 Å². The van der Waals surface area contributed by atoms with Gasteiger partial charge in [-0.3, -0.25) is 4.79 Å². The number of hydrogen-bond acceptors (Lipinski definition) is 5. The van der Waals surface area contributed by atoms with Gasteiger partial charge in [0.05, 0.1) is 6.20 Å². The molecular formula is C16H16FN3O2S. The number of nitrogens with one attached hydrogen (secondary N) is 1. The van der Waals surface area contributed by atoms with Crippen molar-refractivity contribution in [1.82, 2.24) is 9.97 Å². The maximum Gasteiger partial charge on any atom is 0.275 e. The molecular weight excluding hydrogens is 317 g/mol. The minimum absolute atomic E-state index is 0.177. The molecule has 0 aromatic carbocycles. The van der Waals surface area contributed by atoms with Gasteiger partial charge < -0.3 is 10.1 Å². The largest absolute Gasteiger partial charge is 0.489 e. The second-order valence-electron chi connectivity index (χ2n) is 5.25. The number of pyridine rings is 2. The van der Waals surface area contributed by atoms with E-state index in [0.29, 0.717) is 11.4 Å². The lowest BCUT2D eigenvalue weighted by molar-refractivity contribution is 0.102. The quantitative estimate of drug-likeness (QED) is 0.931. The van der Waals surface area contributed by atoms with Crippen molar-refractivity contribution in [3.8, 4) is 5.75 Å². The van der Waals surface area contributed by atoms with Gasteiger partial charge in [0.2, 0.25) is 0 Å². The highest BCUT2D eigenvalue weighted by molar-refractivity contribution is 7.99. The van der Waals surface area contributed by atoms with Gasteiger partial charge in [0.1, 0.15) is 29.2 Å². The molecule has 1 aliphatic heterocycles. The Kier molecular flexibility index (Phi) is 4.76. The van der Waals surface area contributed by atoms with Gasteiger partial charge in [0.15, 0.2) is 0 Å². The zero-order valence-electron chi connectivity index (χ0n) is 12.6. The summed E-state index contributed by atoms with van der Waals surface area (Å²) in [6.45, 7) is 1.81. The number of anilines is 1. The summed E-state index contributed by atoms with van der Waals surface area (Å²) < 4.78 is 18.7. The van der Waals surface area contributed by atoms with Gasteiger partial charge in [-0.05, 0) is 31.2 Å². The van der Waals surface area contributed by atoms with E-state index in [1.54, 1.807) is 6.07 Å². The number of carbonyl (C=O) groups is 1. The molecule has 1 atom stereocenters. The van der Waals surface area contributed by atoms with Crippen molar-refractivity contribution in [3.05, 3.63) is 47.7 Å². The Balaban J connectivity index is 1.74.